The maximum absolute atomic E-state index is 13.1. The number of hydrogen-bond donors (Lipinski definition) is 1. The number of fused-ring (bicyclic) bond motifs is 1. The van der Waals surface area contributed by atoms with Crippen molar-refractivity contribution in [3.8, 4) is 17.2 Å². The average molecular weight is 535 g/mol. The maximum atomic E-state index is 13.1. The number of anilines is 1. The van der Waals surface area contributed by atoms with Crippen molar-refractivity contribution in [2.75, 3.05) is 11.7 Å². The molecule has 0 spiro atoms. The number of carbonyl (C=O) groups is 4. The van der Waals surface area contributed by atoms with Crippen LogP contribution in [0.2, 0.25) is 0 Å². The minimum Gasteiger partial charge on any atom is -0.454 e. The molecule has 3 aromatic carbocycles. The highest BCUT2D eigenvalue weighted by Crippen LogP contribution is 2.33. The van der Waals surface area contributed by atoms with Crippen molar-refractivity contribution < 1.29 is 33.4 Å². The summed E-state index contributed by atoms with van der Waals surface area (Å²) in [5, 5.41) is 2.17. The Kier molecular flexibility index (Phi) is 5.79. The van der Waals surface area contributed by atoms with Crippen molar-refractivity contribution in [2.24, 2.45) is 0 Å². The van der Waals surface area contributed by atoms with Gasteiger partial charge in [-0.1, -0.05) is 34.1 Å². The van der Waals surface area contributed by atoms with Crippen LogP contribution >= 0.6 is 15.9 Å². The number of ether oxygens (including phenoxy) is 3. The summed E-state index contributed by atoms with van der Waals surface area (Å²) >= 11 is 3.30. The summed E-state index contributed by atoms with van der Waals surface area (Å²) in [5.74, 6) is -1.26. The van der Waals surface area contributed by atoms with E-state index < -0.39 is 23.8 Å². The van der Waals surface area contributed by atoms with Crippen molar-refractivity contribution in [1.82, 2.24) is 5.32 Å². The highest BCUT2D eigenvalue weighted by atomic mass is 79.9. The van der Waals surface area contributed by atoms with E-state index in [1.165, 1.54) is 24.3 Å². The lowest BCUT2D eigenvalue weighted by Gasteiger charge is -2.26. The number of rotatable bonds is 4. The van der Waals surface area contributed by atoms with Crippen LogP contribution in [-0.2, 0) is 9.59 Å². The van der Waals surface area contributed by atoms with Crippen molar-refractivity contribution >= 4 is 51.5 Å². The number of halogens is 1. The lowest BCUT2D eigenvalue weighted by molar-refractivity contribution is -0.122. The van der Waals surface area contributed by atoms with Gasteiger partial charge in [-0.25, -0.2) is 14.5 Å². The molecular weight excluding hydrogens is 520 g/mol. The van der Waals surface area contributed by atoms with Crippen LogP contribution in [0.15, 0.2) is 76.8 Å². The van der Waals surface area contributed by atoms with E-state index in [9.17, 15) is 19.2 Å². The van der Waals surface area contributed by atoms with Gasteiger partial charge in [-0.15, -0.1) is 0 Å². The molecule has 2 aliphatic rings. The molecule has 9 nitrogen and oxygen atoms in total. The maximum Gasteiger partial charge on any atom is 0.343 e. The Bertz CT molecular complexity index is 1420. The smallest absolute Gasteiger partial charge is 0.343 e. The molecule has 0 radical (unpaired) electrons. The van der Waals surface area contributed by atoms with Gasteiger partial charge in [0.25, 0.3) is 11.8 Å². The van der Waals surface area contributed by atoms with Gasteiger partial charge >= 0.3 is 12.0 Å². The molecule has 0 saturated carbocycles. The summed E-state index contributed by atoms with van der Waals surface area (Å²) in [5.41, 5.74) is 0.524. The van der Waals surface area contributed by atoms with E-state index >= 15 is 0 Å². The van der Waals surface area contributed by atoms with Gasteiger partial charge in [0.2, 0.25) is 6.79 Å². The molecule has 0 unspecified atom stereocenters. The van der Waals surface area contributed by atoms with Crippen LogP contribution in [0.1, 0.15) is 15.9 Å². The molecule has 1 fully saturated rings. The van der Waals surface area contributed by atoms with E-state index in [1.807, 2.05) is 0 Å². The monoisotopic (exact) mass is 534 g/mol. The second-order valence-electron chi connectivity index (χ2n) is 7.43. The van der Waals surface area contributed by atoms with E-state index in [1.54, 1.807) is 48.5 Å². The minimum absolute atomic E-state index is 0.0696. The molecule has 10 heteroatoms. The van der Waals surface area contributed by atoms with Gasteiger partial charge < -0.3 is 14.2 Å². The van der Waals surface area contributed by atoms with Crippen LogP contribution in [0.25, 0.3) is 6.08 Å². The summed E-state index contributed by atoms with van der Waals surface area (Å²) in [6.45, 7) is 0.0696. The van der Waals surface area contributed by atoms with Crippen LogP contribution in [0.5, 0.6) is 17.2 Å². The molecule has 2 heterocycles. The van der Waals surface area contributed by atoms with Crippen LogP contribution in [-0.4, -0.2) is 30.6 Å². The third-order valence-corrected chi connectivity index (χ3v) is 5.74. The first-order valence-electron chi connectivity index (χ1n) is 10.3. The number of nitrogens with zero attached hydrogens (tertiary/aromatic N) is 1. The molecular formula is C25H15BrN2O7. The van der Waals surface area contributed by atoms with Crippen LogP contribution in [0.3, 0.4) is 0 Å². The average Bonchev–Trinajstić information content (AvgIpc) is 3.32. The third-order valence-electron chi connectivity index (χ3n) is 5.22. The van der Waals surface area contributed by atoms with Gasteiger partial charge in [-0.3, -0.25) is 14.9 Å². The molecule has 35 heavy (non-hydrogen) atoms. The zero-order chi connectivity index (χ0) is 24.5. The zero-order valence-electron chi connectivity index (χ0n) is 17.8. The molecule has 2 aliphatic heterocycles. The second-order valence-corrected chi connectivity index (χ2v) is 8.35. The number of urea groups is 1. The number of benzene rings is 3. The first-order valence-corrected chi connectivity index (χ1v) is 11.1. The Morgan fingerprint density at radius 2 is 1.71 bits per heavy atom. The SMILES string of the molecule is O=C1NC(=O)N(c2ccc(Br)cc2)C(=O)/C1=C\c1ccccc1OC(=O)c1ccc2c(c1)OCO2. The van der Waals surface area contributed by atoms with E-state index in [2.05, 4.69) is 21.2 Å². The first-order chi connectivity index (χ1) is 16.9. The largest absolute Gasteiger partial charge is 0.454 e. The quantitative estimate of drug-likeness (QED) is 0.232. The number of imide groups is 2. The van der Waals surface area contributed by atoms with Crippen LogP contribution in [0, 0.1) is 0 Å². The van der Waals surface area contributed by atoms with Crippen LogP contribution < -0.4 is 24.4 Å². The van der Waals surface area contributed by atoms with Crippen molar-refractivity contribution in [3.63, 3.8) is 0 Å². The molecule has 5 rings (SSSR count). The molecule has 174 valence electrons. The number of barbiturate groups is 1. The topological polar surface area (TPSA) is 111 Å². The lowest BCUT2D eigenvalue weighted by atomic mass is 10.1. The van der Waals surface area contributed by atoms with Gasteiger partial charge in [0, 0.05) is 10.0 Å². The minimum atomic E-state index is -0.859. The molecule has 4 amide bonds. The number of nitrogens with one attached hydrogen (secondary N) is 1. The molecule has 0 aliphatic carbocycles. The number of esters is 1. The predicted molar refractivity (Wildman–Crippen MR) is 127 cm³/mol. The highest BCUT2D eigenvalue weighted by Gasteiger charge is 2.37. The Balaban J connectivity index is 1.44. The van der Waals surface area contributed by atoms with E-state index in [-0.39, 0.29) is 29.4 Å². The number of para-hydroxylation sites is 1. The fourth-order valence-corrected chi connectivity index (χ4v) is 3.78. The summed E-state index contributed by atoms with van der Waals surface area (Å²) in [4.78, 5) is 51.7. The predicted octanol–water partition coefficient (Wildman–Crippen LogP) is 4.06. The normalized spacial score (nSPS) is 15.9. The lowest BCUT2D eigenvalue weighted by Crippen LogP contribution is -2.54. The number of hydrogen-bond acceptors (Lipinski definition) is 7. The zero-order valence-corrected chi connectivity index (χ0v) is 19.4. The Hall–Kier alpha value is -4.44. The molecule has 0 atom stereocenters. The Morgan fingerprint density at radius 3 is 2.51 bits per heavy atom. The Labute approximate surface area is 207 Å². The van der Waals surface area contributed by atoms with E-state index in [0.717, 1.165) is 9.37 Å². The second kappa shape index (κ2) is 9.07. The van der Waals surface area contributed by atoms with Crippen molar-refractivity contribution in [2.45, 2.75) is 0 Å². The van der Waals surface area contributed by atoms with Gasteiger partial charge in [0.1, 0.15) is 11.3 Å². The third kappa shape index (κ3) is 4.38. The molecule has 1 N–H and O–H groups in total. The van der Waals surface area contributed by atoms with Gasteiger partial charge in [0.15, 0.2) is 11.5 Å². The molecule has 0 aromatic heterocycles. The van der Waals surface area contributed by atoms with Gasteiger partial charge in [-0.05, 0) is 54.6 Å². The van der Waals surface area contributed by atoms with Crippen LogP contribution in [0.4, 0.5) is 10.5 Å². The fourth-order valence-electron chi connectivity index (χ4n) is 3.51. The standard InChI is InChI=1S/C25H15BrN2O7/c26-16-6-8-17(9-7-16)28-23(30)18(22(29)27-25(28)32)11-14-3-1-2-4-19(14)35-24(31)15-5-10-20-21(12-15)34-13-33-20/h1-12H,13H2,(H,27,29,32)/b18-11-. The fraction of sp³-hybridized carbons (Fsp3) is 0.0400. The summed E-state index contributed by atoms with van der Waals surface area (Å²) in [6, 6.07) is 16.7. The first kappa shape index (κ1) is 22.4. The Morgan fingerprint density at radius 1 is 0.971 bits per heavy atom. The molecule has 0 bridgehead atoms. The summed E-state index contributed by atoms with van der Waals surface area (Å²) in [7, 11) is 0. The number of carbonyl (C=O) groups excluding carboxylic acids is 4. The highest BCUT2D eigenvalue weighted by molar-refractivity contribution is 9.10. The number of amides is 4. The van der Waals surface area contributed by atoms with Gasteiger partial charge in [0.05, 0.1) is 11.3 Å². The summed E-state index contributed by atoms with van der Waals surface area (Å²) < 4.78 is 16.8. The van der Waals surface area contributed by atoms with Crippen molar-refractivity contribution in [1.29, 1.82) is 0 Å². The van der Waals surface area contributed by atoms with Crippen molar-refractivity contribution in [3.05, 3.63) is 87.9 Å². The van der Waals surface area contributed by atoms with Gasteiger partial charge in [-0.2, -0.15) is 0 Å². The molecule has 1 saturated heterocycles. The molecule has 3 aromatic rings. The summed E-state index contributed by atoms with van der Waals surface area (Å²) in [6.07, 6.45) is 1.28. The van der Waals surface area contributed by atoms with E-state index in [4.69, 9.17) is 14.2 Å². The van der Waals surface area contributed by atoms with E-state index in [0.29, 0.717) is 17.1 Å².